The smallest absolute Gasteiger partial charge is 0.417 e. The molecule has 2 rings (SSSR count). The SMILES string of the molecule is CCCCCCCCC=C1C=C(C(F)(F)F)c2cc(OC(=O)COC)c(OC(=O)COC)cc21. The van der Waals surface area contributed by atoms with Crippen molar-refractivity contribution < 1.29 is 41.7 Å². The van der Waals surface area contributed by atoms with E-state index < -0.39 is 30.3 Å². The Morgan fingerprint density at radius 3 is 1.91 bits per heavy atom. The largest absolute Gasteiger partial charge is 0.421 e. The number of fused-ring (bicyclic) bond motifs is 1. The van der Waals surface area contributed by atoms with Gasteiger partial charge in [-0.2, -0.15) is 13.2 Å². The highest BCUT2D eigenvalue weighted by Gasteiger charge is 2.40. The molecular formula is C25H31F3O6. The fourth-order valence-corrected chi connectivity index (χ4v) is 3.62. The van der Waals surface area contributed by atoms with Gasteiger partial charge in [0.05, 0.1) is 5.57 Å². The Labute approximate surface area is 197 Å². The summed E-state index contributed by atoms with van der Waals surface area (Å²) < 4.78 is 61.1. The van der Waals surface area contributed by atoms with E-state index in [1.807, 2.05) is 0 Å². The summed E-state index contributed by atoms with van der Waals surface area (Å²) in [4.78, 5) is 23.9. The van der Waals surface area contributed by atoms with Crippen LogP contribution in [0.4, 0.5) is 13.2 Å². The van der Waals surface area contributed by atoms with E-state index in [2.05, 4.69) is 6.92 Å². The normalized spacial score (nSPS) is 14.2. The second-order valence-corrected chi connectivity index (χ2v) is 7.93. The summed E-state index contributed by atoms with van der Waals surface area (Å²) in [5, 5.41) is 0. The average molecular weight is 485 g/mol. The van der Waals surface area contributed by atoms with Crippen molar-refractivity contribution in [3.8, 4) is 11.5 Å². The first kappa shape index (κ1) is 27.6. The predicted molar refractivity (Wildman–Crippen MR) is 121 cm³/mol. The first-order valence-corrected chi connectivity index (χ1v) is 11.3. The minimum atomic E-state index is -4.62. The number of hydrogen-bond donors (Lipinski definition) is 0. The fourth-order valence-electron chi connectivity index (χ4n) is 3.62. The second kappa shape index (κ2) is 13.3. The minimum Gasteiger partial charge on any atom is -0.421 e. The van der Waals surface area contributed by atoms with Crippen LogP contribution >= 0.6 is 0 Å². The van der Waals surface area contributed by atoms with Gasteiger partial charge in [0, 0.05) is 14.2 Å². The third-order valence-electron chi connectivity index (χ3n) is 5.18. The van der Waals surface area contributed by atoms with Crippen LogP contribution in [0.2, 0.25) is 0 Å². The quantitative estimate of drug-likeness (QED) is 0.198. The lowest BCUT2D eigenvalue weighted by molar-refractivity contribution is -0.141. The zero-order chi connectivity index (χ0) is 25.1. The summed E-state index contributed by atoms with van der Waals surface area (Å²) in [6, 6.07) is 2.36. The zero-order valence-electron chi connectivity index (χ0n) is 19.8. The molecule has 0 saturated heterocycles. The van der Waals surface area contributed by atoms with E-state index in [1.165, 1.54) is 26.7 Å². The Hall–Kier alpha value is -2.65. The Morgan fingerprint density at radius 1 is 0.853 bits per heavy atom. The molecule has 0 saturated carbocycles. The number of allylic oxidation sites excluding steroid dienone is 4. The summed E-state index contributed by atoms with van der Waals surface area (Å²) in [5.74, 6) is -2.11. The molecular weight excluding hydrogens is 453 g/mol. The molecule has 0 spiro atoms. The van der Waals surface area contributed by atoms with Gasteiger partial charge < -0.3 is 18.9 Å². The van der Waals surface area contributed by atoms with Gasteiger partial charge >= 0.3 is 18.1 Å². The van der Waals surface area contributed by atoms with Crippen LogP contribution in [-0.4, -0.2) is 45.5 Å². The van der Waals surface area contributed by atoms with Crippen molar-refractivity contribution in [2.24, 2.45) is 0 Å². The average Bonchev–Trinajstić information content (AvgIpc) is 3.11. The Kier molecular flexibility index (Phi) is 10.8. The molecule has 188 valence electrons. The molecule has 0 atom stereocenters. The van der Waals surface area contributed by atoms with E-state index in [0.29, 0.717) is 12.0 Å². The van der Waals surface area contributed by atoms with Gasteiger partial charge in [-0.25, -0.2) is 9.59 Å². The van der Waals surface area contributed by atoms with Gasteiger partial charge in [-0.15, -0.1) is 0 Å². The Morgan fingerprint density at radius 2 is 1.38 bits per heavy atom. The van der Waals surface area contributed by atoms with Crippen molar-refractivity contribution >= 4 is 23.1 Å². The second-order valence-electron chi connectivity index (χ2n) is 7.93. The number of carbonyl (C=O) groups is 2. The van der Waals surface area contributed by atoms with Crippen LogP contribution in [0.25, 0.3) is 11.1 Å². The monoisotopic (exact) mass is 484 g/mol. The number of ether oxygens (including phenoxy) is 4. The molecule has 1 aromatic carbocycles. The summed E-state index contributed by atoms with van der Waals surface area (Å²) in [6.45, 7) is 1.33. The van der Waals surface area contributed by atoms with Crippen LogP contribution in [0.1, 0.15) is 63.0 Å². The lowest BCUT2D eigenvalue weighted by atomic mass is 10.0. The number of unbranched alkanes of at least 4 members (excludes halogenated alkanes) is 6. The lowest BCUT2D eigenvalue weighted by Gasteiger charge is -2.15. The van der Waals surface area contributed by atoms with Crippen LogP contribution in [0, 0.1) is 0 Å². The molecule has 1 aliphatic carbocycles. The van der Waals surface area contributed by atoms with Crippen LogP contribution < -0.4 is 9.47 Å². The fraction of sp³-hybridized carbons (Fsp3) is 0.520. The topological polar surface area (TPSA) is 71.1 Å². The van der Waals surface area contributed by atoms with Crippen molar-refractivity contribution in [3.63, 3.8) is 0 Å². The number of methoxy groups -OCH3 is 2. The number of hydrogen-bond acceptors (Lipinski definition) is 6. The maximum Gasteiger partial charge on any atom is 0.417 e. The Bertz CT molecular complexity index is 918. The highest BCUT2D eigenvalue weighted by atomic mass is 19.4. The first-order chi connectivity index (χ1) is 16.2. The van der Waals surface area contributed by atoms with Gasteiger partial charge in [0.25, 0.3) is 0 Å². The van der Waals surface area contributed by atoms with E-state index in [-0.39, 0.29) is 29.2 Å². The van der Waals surface area contributed by atoms with Crippen molar-refractivity contribution in [1.82, 2.24) is 0 Å². The number of rotatable bonds is 13. The van der Waals surface area contributed by atoms with Crippen molar-refractivity contribution in [2.75, 3.05) is 27.4 Å². The summed E-state index contributed by atoms with van der Waals surface area (Å²) in [6.07, 6.45) is 5.25. The van der Waals surface area contributed by atoms with Crippen LogP contribution in [-0.2, 0) is 19.1 Å². The van der Waals surface area contributed by atoms with Crippen molar-refractivity contribution in [1.29, 1.82) is 0 Å². The first-order valence-electron chi connectivity index (χ1n) is 11.3. The summed E-state index contributed by atoms with van der Waals surface area (Å²) in [5.41, 5.74) is -0.358. The molecule has 0 unspecified atom stereocenters. The Balaban J connectivity index is 2.38. The van der Waals surface area contributed by atoms with Gasteiger partial charge in [0.1, 0.15) is 13.2 Å². The molecule has 34 heavy (non-hydrogen) atoms. The number of esters is 2. The summed E-state index contributed by atoms with van der Waals surface area (Å²) in [7, 11) is 2.57. The molecule has 1 aromatic rings. The van der Waals surface area contributed by atoms with Gasteiger partial charge in [-0.1, -0.05) is 45.1 Å². The summed E-state index contributed by atoms with van der Waals surface area (Å²) >= 11 is 0. The van der Waals surface area contributed by atoms with E-state index in [1.54, 1.807) is 6.08 Å². The molecule has 6 nitrogen and oxygen atoms in total. The maximum atomic E-state index is 13.8. The van der Waals surface area contributed by atoms with Gasteiger partial charge in [-0.05, 0) is 47.8 Å². The molecule has 0 aliphatic heterocycles. The third-order valence-corrected chi connectivity index (χ3v) is 5.18. The van der Waals surface area contributed by atoms with E-state index >= 15 is 0 Å². The molecule has 0 radical (unpaired) electrons. The van der Waals surface area contributed by atoms with E-state index in [9.17, 15) is 22.8 Å². The third kappa shape index (κ3) is 7.99. The maximum absolute atomic E-state index is 13.8. The van der Waals surface area contributed by atoms with E-state index in [0.717, 1.165) is 44.2 Å². The number of halogens is 3. The highest BCUT2D eigenvalue weighted by molar-refractivity contribution is 5.98. The van der Waals surface area contributed by atoms with Crippen LogP contribution in [0.3, 0.4) is 0 Å². The number of carbonyl (C=O) groups excluding carboxylic acids is 2. The molecule has 0 aromatic heterocycles. The van der Waals surface area contributed by atoms with Crippen LogP contribution in [0.15, 0.2) is 24.3 Å². The molecule has 0 amide bonds. The molecule has 1 aliphatic rings. The number of alkyl halides is 3. The van der Waals surface area contributed by atoms with Crippen molar-refractivity contribution in [2.45, 2.75) is 58.0 Å². The molecule has 0 bridgehead atoms. The van der Waals surface area contributed by atoms with Crippen molar-refractivity contribution in [3.05, 3.63) is 35.4 Å². The van der Waals surface area contributed by atoms with Gasteiger partial charge in [0.2, 0.25) is 0 Å². The van der Waals surface area contributed by atoms with E-state index in [4.69, 9.17) is 18.9 Å². The minimum absolute atomic E-state index is 0.145. The lowest BCUT2D eigenvalue weighted by Crippen LogP contribution is -2.18. The van der Waals surface area contributed by atoms with Gasteiger partial charge in [0.15, 0.2) is 11.5 Å². The molecule has 0 fully saturated rings. The molecule has 0 heterocycles. The zero-order valence-corrected chi connectivity index (χ0v) is 19.8. The predicted octanol–water partition coefficient (Wildman–Crippen LogP) is 5.88. The van der Waals surface area contributed by atoms with Gasteiger partial charge in [-0.3, -0.25) is 0 Å². The standard InChI is InChI=1S/C25H31F3O6/c1-4-5-6-7-8-9-10-11-17-12-20(25(26,27)28)19-14-22(34-24(30)16-32-3)21(13-18(17)19)33-23(29)15-31-2/h11-14H,4-10,15-16H2,1-3H3. The molecule has 0 N–H and O–H groups in total. The molecule has 9 heteroatoms. The number of benzene rings is 1. The van der Waals surface area contributed by atoms with Crippen LogP contribution in [0.5, 0.6) is 11.5 Å². The highest BCUT2D eigenvalue weighted by Crippen LogP contribution is 2.48.